The lowest BCUT2D eigenvalue weighted by Crippen LogP contribution is -2.30. The van der Waals surface area contributed by atoms with Gasteiger partial charge in [-0.1, -0.05) is 19.8 Å². The van der Waals surface area contributed by atoms with Crippen molar-refractivity contribution < 1.29 is 0 Å². The summed E-state index contributed by atoms with van der Waals surface area (Å²) in [5, 5.41) is 3.80. The first-order chi connectivity index (χ1) is 7.65. The summed E-state index contributed by atoms with van der Waals surface area (Å²) in [7, 11) is 0. The fourth-order valence-electron chi connectivity index (χ4n) is 2.33. The highest BCUT2D eigenvalue weighted by molar-refractivity contribution is 6.28. The minimum atomic E-state index is 0.325. The van der Waals surface area contributed by atoms with Gasteiger partial charge in [0.1, 0.15) is 5.82 Å². The van der Waals surface area contributed by atoms with Crippen LogP contribution in [0.4, 0.5) is 5.82 Å². The minimum Gasteiger partial charge on any atom is -0.367 e. The number of rotatable bonds is 2. The Bertz CT molecular complexity index is 347. The molecule has 0 saturated heterocycles. The molecule has 1 aromatic rings. The van der Waals surface area contributed by atoms with Gasteiger partial charge in [0.25, 0.3) is 0 Å². The number of halogens is 1. The molecule has 1 saturated carbocycles. The summed E-state index contributed by atoms with van der Waals surface area (Å²) in [4.78, 5) is 8.27. The van der Waals surface area contributed by atoms with Crippen LogP contribution < -0.4 is 5.32 Å². The maximum absolute atomic E-state index is 5.84. The molecular weight excluding hydrogens is 222 g/mol. The quantitative estimate of drug-likeness (QED) is 0.804. The van der Waals surface area contributed by atoms with E-state index in [1.165, 1.54) is 25.7 Å². The van der Waals surface area contributed by atoms with E-state index < -0.39 is 0 Å². The van der Waals surface area contributed by atoms with Crippen LogP contribution in [0.15, 0.2) is 6.07 Å². The molecule has 1 aliphatic carbocycles. The molecule has 1 aliphatic rings. The van der Waals surface area contributed by atoms with Gasteiger partial charge in [0.2, 0.25) is 5.28 Å². The average molecular weight is 240 g/mol. The number of anilines is 1. The molecule has 0 aromatic carbocycles. The lowest BCUT2D eigenvalue weighted by Gasteiger charge is -2.29. The van der Waals surface area contributed by atoms with Gasteiger partial charge < -0.3 is 5.32 Å². The molecule has 4 heteroatoms. The van der Waals surface area contributed by atoms with Crippen LogP contribution in [0.2, 0.25) is 5.28 Å². The summed E-state index contributed by atoms with van der Waals surface area (Å²) in [5.41, 5.74) is 0.908. The largest absolute Gasteiger partial charge is 0.367 e. The normalized spacial score (nSPS) is 25.4. The van der Waals surface area contributed by atoms with Gasteiger partial charge in [-0.3, -0.25) is 0 Å². The monoisotopic (exact) mass is 239 g/mol. The van der Waals surface area contributed by atoms with Gasteiger partial charge in [0, 0.05) is 17.8 Å². The summed E-state index contributed by atoms with van der Waals surface area (Å²) in [6, 6.07) is 2.48. The first kappa shape index (κ1) is 11.6. The van der Waals surface area contributed by atoms with Crippen molar-refractivity contribution in [2.45, 2.75) is 45.6 Å². The molecule has 1 fully saturated rings. The van der Waals surface area contributed by atoms with Crippen molar-refractivity contribution in [1.82, 2.24) is 9.97 Å². The topological polar surface area (TPSA) is 37.8 Å². The lowest BCUT2D eigenvalue weighted by molar-refractivity contribution is 0.349. The first-order valence-electron chi connectivity index (χ1n) is 5.93. The second-order valence-electron chi connectivity index (χ2n) is 4.68. The van der Waals surface area contributed by atoms with Crippen molar-refractivity contribution in [2.75, 3.05) is 5.32 Å². The highest BCUT2D eigenvalue weighted by Crippen LogP contribution is 2.26. The van der Waals surface area contributed by atoms with Crippen LogP contribution in [0.3, 0.4) is 0 Å². The van der Waals surface area contributed by atoms with E-state index in [0.717, 1.165) is 11.5 Å². The Labute approximate surface area is 102 Å². The summed E-state index contributed by atoms with van der Waals surface area (Å²) in [6.07, 6.45) is 5.18. The van der Waals surface area contributed by atoms with Crippen LogP contribution in [0.5, 0.6) is 0 Å². The van der Waals surface area contributed by atoms with E-state index >= 15 is 0 Å². The summed E-state index contributed by atoms with van der Waals surface area (Å²) < 4.78 is 0. The zero-order valence-corrected chi connectivity index (χ0v) is 10.6. The Kier molecular flexibility index (Phi) is 3.64. The third-order valence-corrected chi connectivity index (χ3v) is 3.44. The van der Waals surface area contributed by atoms with Crippen molar-refractivity contribution in [3.63, 3.8) is 0 Å². The maximum Gasteiger partial charge on any atom is 0.224 e. The van der Waals surface area contributed by atoms with Gasteiger partial charge >= 0.3 is 0 Å². The standard InChI is InChI=1S/C12H18ClN3/c1-8-5-3-4-6-10(8)15-11-7-9(2)14-12(13)16-11/h7-8,10H,3-6H2,1-2H3,(H,14,15,16). The number of hydrogen-bond donors (Lipinski definition) is 1. The van der Waals surface area contributed by atoms with Gasteiger partial charge in [-0.15, -0.1) is 0 Å². The first-order valence-corrected chi connectivity index (χ1v) is 6.30. The molecule has 3 nitrogen and oxygen atoms in total. The Morgan fingerprint density at radius 2 is 2.06 bits per heavy atom. The number of nitrogens with zero attached hydrogens (tertiary/aromatic N) is 2. The van der Waals surface area contributed by atoms with Crippen LogP contribution in [0.1, 0.15) is 38.3 Å². The van der Waals surface area contributed by atoms with E-state index in [2.05, 4.69) is 22.2 Å². The molecule has 2 rings (SSSR count). The van der Waals surface area contributed by atoms with Crippen LogP contribution in [-0.2, 0) is 0 Å². The van der Waals surface area contributed by atoms with Crippen LogP contribution in [-0.4, -0.2) is 16.0 Å². The molecule has 2 unspecified atom stereocenters. The third kappa shape index (κ3) is 2.85. The second-order valence-corrected chi connectivity index (χ2v) is 5.01. The van der Waals surface area contributed by atoms with Gasteiger partial charge in [0.05, 0.1) is 0 Å². The van der Waals surface area contributed by atoms with Crippen molar-refractivity contribution in [1.29, 1.82) is 0 Å². The number of aromatic nitrogens is 2. The van der Waals surface area contributed by atoms with Crippen LogP contribution >= 0.6 is 11.6 Å². The van der Waals surface area contributed by atoms with Crippen LogP contribution in [0, 0.1) is 12.8 Å². The minimum absolute atomic E-state index is 0.325. The highest BCUT2D eigenvalue weighted by Gasteiger charge is 2.21. The highest BCUT2D eigenvalue weighted by atomic mass is 35.5. The molecule has 0 aliphatic heterocycles. The smallest absolute Gasteiger partial charge is 0.224 e. The summed E-state index contributed by atoms with van der Waals surface area (Å²) in [6.45, 7) is 4.23. The summed E-state index contributed by atoms with van der Waals surface area (Å²) in [5.74, 6) is 1.57. The van der Waals surface area contributed by atoms with Crippen molar-refractivity contribution in [3.05, 3.63) is 17.0 Å². The van der Waals surface area contributed by atoms with E-state index in [1.807, 2.05) is 13.0 Å². The molecule has 2 atom stereocenters. The fraction of sp³-hybridized carbons (Fsp3) is 0.667. The molecule has 88 valence electrons. The molecule has 1 N–H and O–H groups in total. The van der Waals surface area contributed by atoms with E-state index in [1.54, 1.807) is 0 Å². The zero-order valence-electron chi connectivity index (χ0n) is 9.83. The molecule has 0 bridgehead atoms. The van der Waals surface area contributed by atoms with Crippen molar-refractivity contribution in [3.8, 4) is 0 Å². The maximum atomic E-state index is 5.84. The molecule has 1 aromatic heterocycles. The van der Waals surface area contributed by atoms with Crippen LogP contribution in [0.25, 0.3) is 0 Å². The second kappa shape index (κ2) is 5.00. The molecule has 16 heavy (non-hydrogen) atoms. The number of hydrogen-bond acceptors (Lipinski definition) is 3. The number of nitrogens with one attached hydrogen (secondary N) is 1. The van der Waals surface area contributed by atoms with Gasteiger partial charge in [-0.05, 0) is 37.3 Å². The Hall–Kier alpha value is -0.830. The predicted octanol–water partition coefficient (Wildman–Crippen LogP) is 3.43. The van der Waals surface area contributed by atoms with Crippen molar-refractivity contribution in [2.24, 2.45) is 5.92 Å². The van der Waals surface area contributed by atoms with E-state index in [-0.39, 0.29) is 0 Å². The Morgan fingerprint density at radius 3 is 2.75 bits per heavy atom. The number of aryl methyl sites for hydroxylation is 1. The molecule has 0 radical (unpaired) electrons. The Balaban J connectivity index is 2.07. The van der Waals surface area contributed by atoms with Gasteiger partial charge in [-0.2, -0.15) is 0 Å². The average Bonchev–Trinajstić information content (AvgIpc) is 2.20. The zero-order chi connectivity index (χ0) is 11.5. The third-order valence-electron chi connectivity index (χ3n) is 3.27. The molecule has 0 spiro atoms. The van der Waals surface area contributed by atoms with Gasteiger partial charge in [0.15, 0.2) is 0 Å². The van der Waals surface area contributed by atoms with Gasteiger partial charge in [-0.25, -0.2) is 9.97 Å². The SMILES string of the molecule is Cc1cc(NC2CCCCC2C)nc(Cl)n1. The predicted molar refractivity (Wildman–Crippen MR) is 66.8 cm³/mol. The van der Waals surface area contributed by atoms with E-state index in [0.29, 0.717) is 17.2 Å². The Morgan fingerprint density at radius 1 is 1.31 bits per heavy atom. The fourth-order valence-corrected chi connectivity index (χ4v) is 2.55. The summed E-state index contributed by atoms with van der Waals surface area (Å²) >= 11 is 5.84. The molecule has 1 heterocycles. The molecule has 0 amide bonds. The van der Waals surface area contributed by atoms with Crippen molar-refractivity contribution >= 4 is 17.4 Å². The lowest BCUT2D eigenvalue weighted by atomic mass is 9.86. The van der Waals surface area contributed by atoms with E-state index in [9.17, 15) is 0 Å². The molecular formula is C12H18ClN3. The van der Waals surface area contributed by atoms with E-state index in [4.69, 9.17) is 11.6 Å².